The van der Waals surface area contributed by atoms with Crippen LogP contribution < -0.4 is 5.32 Å². The minimum Gasteiger partial charge on any atom is -0.451 e. The van der Waals surface area contributed by atoms with Gasteiger partial charge in [-0.05, 0) is 45.5 Å². The second-order valence-electron chi connectivity index (χ2n) is 5.67. The number of carbonyl (C=O) groups excluding carboxylic acids is 1. The summed E-state index contributed by atoms with van der Waals surface area (Å²) in [6.07, 6.45) is 0. The van der Waals surface area contributed by atoms with Crippen LogP contribution in [0.2, 0.25) is 0 Å². The summed E-state index contributed by atoms with van der Waals surface area (Å²) < 4.78 is 6.68. The highest BCUT2D eigenvalue weighted by molar-refractivity contribution is 9.10. The van der Waals surface area contributed by atoms with Gasteiger partial charge in [-0.15, -0.1) is 0 Å². The predicted octanol–water partition coefficient (Wildman–Crippen LogP) is 3.96. The zero-order valence-corrected chi connectivity index (χ0v) is 15.2. The summed E-state index contributed by atoms with van der Waals surface area (Å²) >= 11 is 3.44. The molecule has 0 aliphatic rings. The van der Waals surface area contributed by atoms with E-state index >= 15 is 0 Å². The standard InChI is InChI=1S/C17H23BrN2O2/c1-5-20(11(2)3)9-8-19-17(21)16-12(4)14-10-13(18)6-7-15(14)22-16/h6-7,10-11H,5,8-9H2,1-4H3,(H,19,21). The van der Waals surface area contributed by atoms with Crippen molar-refractivity contribution in [1.29, 1.82) is 0 Å². The molecule has 0 fully saturated rings. The van der Waals surface area contributed by atoms with E-state index in [0.29, 0.717) is 18.3 Å². The number of aryl methyl sites for hydroxylation is 1. The second-order valence-corrected chi connectivity index (χ2v) is 6.59. The van der Waals surface area contributed by atoms with Crippen molar-refractivity contribution in [3.8, 4) is 0 Å². The molecule has 1 N–H and O–H groups in total. The van der Waals surface area contributed by atoms with Crippen LogP contribution in [0.3, 0.4) is 0 Å². The third kappa shape index (κ3) is 3.70. The van der Waals surface area contributed by atoms with Crippen LogP contribution in [0.15, 0.2) is 27.1 Å². The van der Waals surface area contributed by atoms with Crippen molar-refractivity contribution in [2.24, 2.45) is 0 Å². The molecule has 4 nitrogen and oxygen atoms in total. The van der Waals surface area contributed by atoms with Crippen LogP contribution in [-0.4, -0.2) is 36.5 Å². The molecule has 1 aromatic heterocycles. The lowest BCUT2D eigenvalue weighted by atomic mass is 10.1. The normalized spacial score (nSPS) is 11.6. The summed E-state index contributed by atoms with van der Waals surface area (Å²) in [5.41, 5.74) is 1.62. The van der Waals surface area contributed by atoms with Gasteiger partial charge in [0, 0.05) is 34.6 Å². The molecule has 0 saturated carbocycles. The lowest BCUT2D eigenvalue weighted by Gasteiger charge is -2.24. The number of amides is 1. The molecule has 2 aromatic rings. The maximum absolute atomic E-state index is 12.3. The van der Waals surface area contributed by atoms with E-state index < -0.39 is 0 Å². The van der Waals surface area contributed by atoms with Gasteiger partial charge in [-0.3, -0.25) is 9.69 Å². The zero-order chi connectivity index (χ0) is 16.3. The van der Waals surface area contributed by atoms with Gasteiger partial charge in [0.15, 0.2) is 5.76 Å². The number of nitrogens with one attached hydrogen (secondary N) is 1. The van der Waals surface area contributed by atoms with Gasteiger partial charge >= 0.3 is 0 Å². The summed E-state index contributed by atoms with van der Waals surface area (Å²) in [5, 5.41) is 3.92. The maximum Gasteiger partial charge on any atom is 0.287 e. The average molecular weight is 367 g/mol. The van der Waals surface area contributed by atoms with Crippen molar-refractivity contribution in [3.63, 3.8) is 0 Å². The number of fused-ring (bicyclic) bond motifs is 1. The minimum absolute atomic E-state index is 0.148. The fraction of sp³-hybridized carbons (Fsp3) is 0.471. The first kappa shape index (κ1) is 17.0. The Morgan fingerprint density at radius 2 is 2.14 bits per heavy atom. The third-order valence-corrected chi connectivity index (χ3v) is 4.42. The van der Waals surface area contributed by atoms with E-state index in [1.165, 1.54) is 0 Å². The fourth-order valence-electron chi connectivity index (χ4n) is 2.58. The predicted molar refractivity (Wildman–Crippen MR) is 93.4 cm³/mol. The molecule has 0 unspecified atom stereocenters. The summed E-state index contributed by atoms with van der Waals surface area (Å²) in [6.45, 7) is 10.8. The number of nitrogens with zero attached hydrogens (tertiary/aromatic N) is 1. The van der Waals surface area contributed by atoms with Gasteiger partial charge in [0.25, 0.3) is 5.91 Å². The minimum atomic E-state index is -0.148. The molecule has 5 heteroatoms. The Bertz CT molecular complexity index is 664. The smallest absolute Gasteiger partial charge is 0.287 e. The van der Waals surface area contributed by atoms with Gasteiger partial charge in [0.05, 0.1) is 0 Å². The van der Waals surface area contributed by atoms with Crippen LogP contribution in [0.5, 0.6) is 0 Å². The molecular formula is C17H23BrN2O2. The molecule has 2 rings (SSSR count). The number of benzene rings is 1. The lowest BCUT2D eigenvalue weighted by molar-refractivity contribution is 0.0919. The first-order valence-corrected chi connectivity index (χ1v) is 8.44. The van der Waals surface area contributed by atoms with Gasteiger partial charge in [0.1, 0.15) is 5.58 Å². The quantitative estimate of drug-likeness (QED) is 0.841. The number of carbonyl (C=O) groups is 1. The molecule has 0 saturated heterocycles. The molecule has 120 valence electrons. The Labute approximate surface area is 140 Å². The lowest BCUT2D eigenvalue weighted by Crippen LogP contribution is -2.38. The average Bonchev–Trinajstić information content (AvgIpc) is 2.80. The number of likely N-dealkylation sites (N-methyl/N-ethyl adjacent to an activating group) is 1. The number of rotatable bonds is 6. The van der Waals surface area contributed by atoms with Crippen LogP contribution in [0.4, 0.5) is 0 Å². The number of hydrogen-bond acceptors (Lipinski definition) is 3. The molecule has 0 atom stereocenters. The summed E-state index contributed by atoms with van der Waals surface area (Å²) in [7, 11) is 0. The number of halogens is 1. The molecule has 0 radical (unpaired) electrons. The molecule has 0 spiro atoms. The van der Waals surface area contributed by atoms with E-state index in [9.17, 15) is 4.79 Å². The molecule has 1 amide bonds. The number of furan rings is 1. The van der Waals surface area contributed by atoms with E-state index in [-0.39, 0.29) is 5.91 Å². The highest BCUT2D eigenvalue weighted by Crippen LogP contribution is 2.27. The highest BCUT2D eigenvalue weighted by atomic mass is 79.9. The molecule has 1 aromatic carbocycles. The van der Waals surface area contributed by atoms with E-state index in [1.54, 1.807) is 0 Å². The van der Waals surface area contributed by atoms with Gasteiger partial charge < -0.3 is 9.73 Å². The Hall–Kier alpha value is -1.33. The largest absolute Gasteiger partial charge is 0.451 e. The first-order chi connectivity index (χ1) is 10.4. The monoisotopic (exact) mass is 366 g/mol. The van der Waals surface area contributed by atoms with Crippen molar-refractivity contribution in [2.45, 2.75) is 33.7 Å². The second kappa shape index (κ2) is 7.29. The highest BCUT2D eigenvalue weighted by Gasteiger charge is 2.17. The van der Waals surface area contributed by atoms with E-state index in [1.807, 2.05) is 25.1 Å². The molecule has 0 aliphatic heterocycles. The van der Waals surface area contributed by atoms with Crippen LogP contribution >= 0.6 is 15.9 Å². The van der Waals surface area contributed by atoms with E-state index in [0.717, 1.165) is 34.1 Å². The van der Waals surface area contributed by atoms with Gasteiger partial charge in [0.2, 0.25) is 0 Å². The number of hydrogen-bond donors (Lipinski definition) is 1. The van der Waals surface area contributed by atoms with E-state index in [2.05, 4.69) is 46.9 Å². The third-order valence-electron chi connectivity index (χ3n) is 3.93. The molecule has 1 heterocycles. The summed E-state index contributed by atoms with van der Waals surface area (Å²) in [5.74, 6) is 0.255. The topological polar surface area (TPSA) is 45.5 Å². The fourth-order valence-corrected chi connectivity index (χ4v) is 2.95. The summed E-state index contributed by atoms with van der Waals surface area (Å²) in [6, 6.07) is 6.24. The van der Waals surface area contributed by atoms with Crippen molar-refractivity contribution < 1.29 is 9.21 Å². The molecular weight excluding hydrogens is 344 g/mol. The van der Waals surface area contributed by atoms with Crippen molar-refractivity contribution in [1.82, 2.24) is 10.2 Å². The summed E-state index contributed by atoms with van der Waals surface area (Å²) in [4.78, 5) is 14.6. The Balaban J connectivity index is 2.05. The van der Waals surface area contributed by atoms with Crippen molar-refractivity contribution in [2.75, 3.05) is 19.6 Å². The Kier molecular flexibility index (Phi) is 5.64. The molecule has 0 aliphatic carbocycles. The van der Waals surface area contributed by atoms with E-state index in [4.69, 9.17) is 4.42 Å². The Morgan fingerprint density at radius 1 is 1.41 bits per heavy atom. The first-order valence-electron chi connectivity index (χ1n) is 7.65. The van der Waals surface area contributed by atoms with Crippen LogP contribution in [0.25, 0.3) is 11.0 Å². The van der Waals surface area contributed by atoms with Crippen LogP contribution in [-0.2, 0) is 0 Å². The van der Waals surface area contributed by atoms with Crippen LogP contribution in [0.1, 0.15) is 36.9 Å². The maximum atomic E-state index is 12.3. The van der Waals surface area contributed by atoms with Gasteiger partial charge in [-0.25, -0.2) is 0 Å². The molecule has 22 heavy (non-hydrogen) atoms. The zero-order valence-electron chi connectivity index (χ0n) is 13.6. The Morgan fingerprint density at radius 3 is 2.77 bits per heavy atom. The van der Waals surface area contributed by atoms with Gasteiger partial charge in [-0.1, -0.05) is 22.9 Å². The SMILES string of the molecule is CCN(CCNC(=O)c1oc2ccc(Br)cc2c1C)C(C)C. The van der Waals surface area contributed by atoms with Crippen LogP contribution in [0, 0.1) is 6.92 Å². The van der Waals surface area contributed by atoms with Crippen molar-refractivity contribution >= 4 is 32.8 Å². The van der Waals surface area contributed by atoms with Crippen molar-refractivity contribution in [3.05, 3.63) is 34.0 Å². The van der Waals surface area contributed by atoms with Gasteiger partial charge in [-0.2, -0.15) is 0 Å². The molecule has 0 bridgehead atoms.